The van der Waals surface area contributed by atoms with Gasteiger partial charge in [-0.25, -0.2) is 0 Å². The number of nitrogens with zero attached hydrogens (tertiary/aromatic N) is 1. The standard InChI is InChI=1S/C25H28N2O2S/c1-4-15-27(16-5-2)25(29)22-21(19-9-7-6-8-10-19)17-30-24(22)26-23(28)20-13-11-18(3)12-14-20/h6-14,17H,4-5,15-16H2,1-3H3,(H,26,28). The number of thiophene rings is 1. The topological polar surface area (TPSA) is 49.4 Å². The Balaban J connectivity index is 2.00. The van der Waals surface area contributed by atoms with Gasteiger partial charge in [0.05, 0.1) is 5.56 Å². The fourth-order valence-corrected chi connectivity index (χ4v) is 4.34. The highest BCUT2D eigenvalue weighted by atomic mass is 32.1. The van der Waals surface area contributed by atoms with Crippen molar-refractivity contribution >= 4 is 28.2 Å². The summed E-state index contributed by atoms with van der Waals surface area (Å²) in [6, 6.07) is 17.3. The molecule has 0 unspecified atom stereocenters. The van der Waals surface area contributed by atoms with Crippen LogP contribution in [0.25, 0.3) is 11.1 Å². The van der Waals surface area contributed by atoms with Crippen molar-refractivity contribution in [1.82, 2.24) is 4.90 Å². The molecule has 0 bridgehead atoms. The molecule has 0 spiro atoms. The maximum atomic E-state index is 13.5. The van der Waals surface area contributed by atoms with E-state index in [0.29, 0.717) is 29.2 Å². The highest BCUT2D eigenvalue weighted by Crippen LogP contribution is 2.37. The molecular weight excluding hydrogens is 392 g/mol. The summed E-state index contributed by atoms with van der Waals surface area (Å²) in [6.45, 7) is 7.52. The summed E-state index contributed by atoms with van der Waals surface area (Å²) >= 11 is 1.40. The van der Waals surface area contributed by atoms with Gasteiger partial charge in [-0.1, -0.05) is 61.9 Å². The minimum Gasteiger partial charge on any atom is -0.339 e. The number of nitrogens with one attached hydrogen (secondary N) is 1. The minimum absolute atomic E-state index is 0.0296. The maximum Gasteiger partial charge on any atom is 0.257 e. The van der Waals surface area contributed by atoms with Crippen LogP contribution in [0, 0.1) is 6.92 Å². The summed E-state index contributed by atoms with van der Waals surface area (Å²) in [7, 11) is 0. The molecule has 5 heteroatoms. The Labute approximate surface area is 182 Å². The van der Waals surface area contributed by atoms with Crippen molar-refractivity contribution in [2.45, 2.75) is 33.6 Å². The van der Waals surface area contributed by atoms with Gasteiger partial charge in [0.1, 0.15) is 5.00 Å². The van der Waals surface area contributed by atoms with Crippen LogP contribution < -0.4 is 5.32 Å². The summed E-state index contributed by atoms with van der Waals surface area (Å²) in [5, 5.41) is 5.55. The van der Waals surface area contributed by atoms with Crippen molar-refractivity contribution in [3.63, 3.8) is 0 Å². The Bertz CT molecular complexity index is 988. The van der Waals surface area contributed by atoms with Gasteiger partial charge in [-0.15, -0.1) is 11.3 Å². The summed E-state index contributed by atoms with van der Waals surface area (Å²) in [4.78, 5) is 28.3. The van der Waals surface area contributed by atoms with E-state index in [1.165, 1.54) is 11.3 Å². The molecule has 0 saturated carbocycles. The molecule has 0 aliphatic heterocycles. The molecule has 1 aromatic heterocycles. The quantitative estimate of drug-likeness (QED) is 0.469. The number of carbonyl (C=O) groups excluding carboxylic acids is 2. The lowest BCUT2D eigenvalue weighted by Gasteiger charge is -2.22. The molecule has 0 atom stereocenters. The maximum absolute atomic E-state index is 13.5. The van der Waals surface area contributed by atoms with Crippen molar-refractivity contribution in [2.24, 2.45) is 0 Å². The molecule has 2 amide bonds. The molecule has 0 radical (unpaired) electrons. The van der Waals surface area contributed by atoms with E-state index in [-0.39, 0.29) is 11.8 Å². The Morgan fingerprint density at radius 1 is 0.933 bits per heavy atom. The molecule has 3 rings (SSSR count). The van der Waals surface area contributed by atoms with Gasteiger partial charge in [-0.05, 0) is 37.5 Å². The third-order valence-electron chi connectivity index (χ3n) is 4.90. The Morgan fingerprint density at radius 2 is 1.57 bits per heavy atom. The second kappa shape index (κ2) is 10.2. The Hall–Kier alpha value is -2.92. The minimum atomic E-state index is -0.206. The highest BCUT2D eigenvalue weighted by molar-refractivity contribution is 7.15. The fourth-order valence-electron chi connectivity index (χ4n) is 3.39. The van der Waals surface area contributed by atoms with Crippen LogP contribution in [0.1, 0.15) is 53.0 Å². The number of carbonyl (C=O) groups is 2. The molecule has 0 saturated heterocycles. The Kier molecular flexibility index (Phi) is 7.41. The summed E-state index contributed by atoms with van der Waals surface area (Å²) in [5.74, 6) is -0.235. The van der Waals surface area contributed by atoms with Gasteiger partial charge < -0.3 is 10.2 Å². The first-order chi connectivity index (χ1) is 14.5. The van der Waals surface area contributed by atoms with Crippen molar-refractivity contribution in [2.75, 3.05) is 18.4 Å². The first-order valence-corrected chi connectivity index (χ1v) is 11.3. The first kappa shape index (κ1) is 21.8. The smallest absolute Gasteiger partial charge is 0.257 e. The number of aryl methyl sites for hydroxylation is 1. The predicted molar refractivity (Wildman–Crippen MR) is 125 cm³/mol. The van der Waals surface area contributed by atoms with E-state index in [9.17, 15) is 9.59 Å². The monoisotopic (exact) mass is 420 g/mol. The number of anilines is 1. The summed E-state index contributed by atoms with van der Waals surface area (Å²) < 4.78 is 0. The van der Waals surface area contributed by atoms with Crippen LogP contribution in [-0.2, 0) is 0 Å². The zero-order valence-corrected chi connectivity index (χ0v) is 18.6. The normalized spacial score (nSPS) is 10.6. The molecule has 3 aromatic rings. The molecule has 0 aliphatic rings. The predicted octanol–water partition coefficient (Wildman–Crippen LogP) is 6.24. The molecule has 0 fully saturated rings. The molecule has 4 nitrogen and oxygen atoms in total. The van der Waals surface area contributed by atoms with Gasteiger partial charge >= 0.3 is 0 Å². The number of amides is 2. The van der Waals surface area contributed by atoms with Crippen LogP contribution in [0.5, 0.6) is 0 Å². The van der Waals surface area contributed by atoms with Crippen LogP contribution in [0.4, 0.5) is 5.00 Å². The lowest BCUT2D eigenvalue weighted by atomic mass is 10.0. The molecule has 0 aliphatic carbocycles. The van der Waals surface area contributed by atoms with E-state index in [0.717, 1.165) is 29.5 Å². The van der Waals surface area contributed by atoms with Gasteiger partial charge in [-0.3, -0.25) is 9.59 Å². The zero-order chi connectivity index (χ0) is 21.5. The van der Waals surface area contributed by atoms with E-state index < -0.39 is 0 Å². The molecule has 156 valence electrons. The van der Waals surface area contributed by atoms with Crippen molar-refractivity contribution < 1.29 is 9.59 Å². The molecule has 2 aromatic carbocycles. The second-order valence-corrected chi connectivity index (χ2v) is 8.21. The zero-order valence-electron chi connectivity index (χ0n) is 17.8. The van der Waals surface area contributed by atoms with Crippen LogP contribution in [0.15, 0.2) is 60.0 Å². The van der Waals surface area contributed by atoms with E-state index in [1.54, 1.807) is 12.1 Å². The van der Waals surface area contributed by atoms with Gasteiger partial charge in [-0.2, -0.15) is 0 Å². The number of hydrogen-bond acceptors (Lipinski definition) is 3. The third-order valence-corrected chi connectivity index (χ3v) is 5.80. The van der Waals surface area contributed by atoms with E-state index in [1.807, 2.05) is 59.7 Å². The van der Waals surface area contributed by atoms with Gasteiger partial charge in [0.2, 0.25) is 0 Å². The van der Waals surface area contributed by atoms with Crippen molar-refractivity contribution in [3.05, 3.63) is 76.7 Å². The van der Waals surface area contributed by atoms with Gasteiger partial charge in [0.15, 0.2) is 0 Å². The summed E-state index contributed by atoms with van der Waals surface area (Å²) in [6.07, 6.45) is 1.78. The van der Waals surface area contributed by atoms with Crippen LogP contribution in [0.2, 0.25) is 0 Å². The lowest BCUT2D eigenvalue weighted by Crippen LogP contribution is -2.33. The van der Waals surface area contributed by atoms with E-state index in [4.69, 9.17) is 0 Å². The molecule has 1 heterocycles. The largest absolute Gasteiger partial charge is 0.339 e. The molecular formula is C25H28N2O2S. The number of rotatable bonds is 8. The lowest BCUT2D eigenvalue weighted by molar-refractivity contribution is 0.0758. The highest BCUT2D eigenvalue weighted by Gasteiger charge is 2.25. The number of hydrogen-bond donors (Lipinski definition) is 1. The van der Waals surface area contributed by atoms with Gasteiger partial charge in [0, 0.05) is 29.6 Å². The van der Waals surface area contributed by atoms with E-state index >= 15 is 0 Å². The van der Waals surface area contributed by atoms with Gasteiger partial charge in [0.25, 0.3) is 11.8 Å². The fraction of sp³-hybridized carbons (Fsp3) is 0.280. The van der Waals surface area contributed by atoms with Crippen LogP contribution >= 0.6 is 11.3 Å². The van der Waals surface area contributed by atoms with Crippen molar-refractivity contribution in [1.29, 1.82) is 0 Å². The van der Waals surface area contributed by atoms with Crippen LogP contribution in [0.3, 0.4) is 0 Å². The average Bonchev–Trinajstić information content (AvgIpc) is 3.17. The molecule has 1 N–H and O–H groups in total. The third kappa shape index (κ3) is 4.97. The Morgan fingerprint density at radius 3 is 2.17 bits per heavy atom. The summed E-state index contributed by atoms with van der Waals surface area (Å²) in [5.41, 5.74) is 4.09. The first-order valence-electron chi connectivity index (χ1n) is 10.4. The second-order valence-electron chi connectivity index (χ2n) is 7.33. The molecule has 30 heavy (non-hydrogen) atoms. The SMILES string of the molecule is CCCN(CCC)C(=O)c1c(-c2ccccc2)csc1NC(=O)c1ccc(C)cc1. The number of benzene rings is 2. The average molecular weight is 421 g/mol. The van der Waals surface area contributed by atoms with Crippen LogP contribution in [-0.4, -0.2) is 29.8 Å². The van der Waals surface area contributed by atoms with Crippen molar-refractivity contribution in [3.8, 4) is 11.1 Å². The van der Waals surface area contributed by atoms with E-state index in [2.05, 4.69) is 19.2 Å².